The van der Waals surface area contributed by atoms with Crippen LogP contribution in [0.4, 0.5) is 37.8 Å². The maximum atomic E-state index is 14.3. The molecule has 16 heteroatoms. The molecule has 0 fully saturated rings. The zero-order valence-corrected chi connectivity index (χ0v) is 19.5. The van der Waals surface area contributed by atoms with Crippen LogP contribution in [0.3, 0.4) is 0 Å². The van der Waals surface area contributed by atoms with Gasteiger partial charge in [0.25, 0.3) is 11.8 Å². The van der Waals surface area contributed by atoms with E-state index in [9.17, 15) is 35.9 Å². The van der Waals surface area contributed by atoms with Crippen LogP contribution in [0.25, 0.3) is 22.3 Å². The van der Waals surface area contributed by atoms with Crippen LogP contribution < -0.4 is 10.6 Å². The quantitative estimate of drug-likeness (QED) is 0.304. The molecule has 2 amide bonds. The molecule has 10 nitrogen and oxygen atoms in total. The van der Waals surface area contributed by atoms with E-state index in [2.05, 4.69) is 25.5 Å². The average molecular weight is 558 g/mol. The van der Waals surface area contributed by atoms with Gasteiger partial charge in [-0.1, -0.05) is 12.1 Å². The summed E-state index contributed by atoms with van der Waals surface area (Å²) in [7, 11) is 0. The summed E-state index contributed by atoms with van der Waals surface area (Å²) in [6, 6.07) is 6.33. The Kier molecular flexibility index (Phi) is 5.39. The van der Waals surface area contributed by atoms with Gasteiger partial charge in [0.15, 0.2) is 11.5 Å². The van der Waals surface area contributed by atoms with Gasteiger partial charge < -0.3 is 10.6 Å². The molecule has 0 atom stereocenters. The van der Waals surface area contributed by atoms with Gasteiger partial charge in [-0.25, -0.2) is 19.3 Å². The van der Waals surface area contributed by atoms with Crippen molar-refractivity contribution in [2.45, 2.75) is 12.4 Å². The van der Waals surface area contributed by atoms with Crippen LogP contribution in [0, 0.1) is 0 Å². The molecule has 0 bridgehead atoms. The second-order valence-corrected chi connectivity index (χ2v) is 8.49. The number of hydrogen-bond donors (Lipinski definition) is 2. The zero-order chi connectivity index (χ0) is 28.4. The number of carbonyl (C=O) groups is 2. The van der Waals surface area contributed by atoms with E-state index in [4.69, 9.17) is 0 Å². The number of benzene rings is 1. The van der Waals surface area contributed by atoms with Gasteiger partial charge in [0.1, 0.15) is 11.4 Å². The Morgan fingerprint density at radius 1 is 0.950 bits per heavy atom. The van der Waals surface area contributed by atoms with Crippen LogP contribution in [-0.4, -0.2) is 41.3 Å². The molecule has 0 saturated heterocycles. The molecule has 4 aromatic heterocycles. The highest BCUT2D eigenvalue weighted by Crippen LogP contribution is 2.39. The third kappa shape index (κ3) is 4.00. The topological polar surface area (TPSA) is 120 Å². The van der Waals surface area contributed by atoms with Crippen molar-refractivity contribution < 1.29 is 35.9 Å². The second-order valence-electron chi connectivity index (χ2n) is 8.49. The summed E-state index contributed by atoms with van der Waals surface area (Å²) in [5, 5.41) is 12.5. The van der Waals surface area contributed by atoms with Crippen LogP contribution >= 0.6 is 0 Å². The Morgan fingerprint density at radius 2 is 1.75 bits per heavy atom. The van der Waals surface area contributed by atoms with Crippen molar-refractivity contribution in [3.8, 4) is 11.5 Å². The van der Waals surface area contributed by atoms with E-state index in [1.807, 2.05) is 5.32 Å². The number of nitrogens with zero attached hydrogens (tertiary/aromatic N) is 6. The molecular formula is C24H12F6N8O2. The number of rotatable bonds is 4. The summed E-state index contributed by atoms with van der Waals surface area (Å²) < 4.78 is 85.3. The number of halogens is 6. The molecule has 0 spiro atoms. The first-order valence-electron chi connectivity index (χ1n) is 11.2. The third-order valence-electron chi connectivity index (χ3n) is 6.03. The highest BCUT2D eigenvalue weighted by molar-refractivity contribution is 6.24. The molecule has 5 heterocycles. The summed E-state index contributed by atoms with van der Waals surface area (Å²) in [6.45, 7) is 0. The van der Waals surface area contributed by atoms with Crippen LogP contribution in [0.1, 0.15) is 32.0 Å². The minimum atomic E-state index is -5.13. The van der Waals surface area contributed by atoms with Gasteiger partial charge in [-0.15, -0.1) is 0 Å². The highest BCUT2D eigenvalue weighted by Gasteiger charge is 2.42. The predicted octanol–water partition coefficient (Wildman–Crippen LogP) is 4.86. The molecule has 0 radical (unpaired) electrons. The minimum Gasteiger partial charge on any atom is -0.320 e. The molecule has 1 aliphatic heterocycles. The number of aromatic nitrogens is 6. The first kappa shape index (κ1) is 25.0. The average Bonchev–Trinajstić information content (AvgIpc) is 3.64. The van der Waals surface area contributed by atoms with E-state index in [1.165, 1.54) is 36.7 Å². The fourth-order valence-corrected chi connectivity index (χ4v) is 4.39. The monoisotopic (exact) mass is 558 g/mol. The van der Waals surface area contributed by atoms with Gasteiger partial charge in [-0.05, 0) is 18.2 Å². The minimum absolute atomic E-state index is 0.157. The van der Waals surface area contributed by atoms with Crippen molar-refractivity contribution in [3.05, 3.63) is 83.7 Å². The molecule has 2 N–H and O–H groups in total. The molecule has 0 saturated carbocycles. The maximum Gasteiger partial charge on any atom is 0.434 e. The SMILES string of the molecule is O=C(Nc1cnc(-n2cccn2)c(C(F)(F)F)c1)c1cnn(-c2cnc3c4c(cccc24)C(=O)N3)c1C(F)(F)F. The molecule has 5 aromatic rings. The summed E-state index contributed by atoms with van der Waals surface area (Å²) in [6.07, 6.45) is -5.03. The molecule has 1 aliphatic rings. The molecule has 1 aromatic carbocycles. The van der Waals surface area contributed by atoms with Crippen LogP contribution in [-0.2, 0) is 12.4 Å². The van der Waals surface area contributed by atoms with Crippen LogP contribution in [0.2, 0.25) is 0 Å². The van der Waals surface area contributed by atoms with Gasteiger partial charge in [0, 0.05) is 23.2 Å². The van der Waals surface area contributed by atoms with Gasteiger partial charge in [-0.2, -0.15) is 36.5 Å². The van der Waals surface area contributed by atoms with Crippen LogP contribution in [0.15, 0.2) is 61.3 Å². The third-order valence-corrected chi connectivity index (χ3v) is 6.03. The van der Waals surface area contributed by atoms with Gasteiger partial charge in [0.2, 0.25) is 0 Å². The molecule has 40 heavy (non-hydrogen) atoms. The fourth-order valence-electron chi connectivity index (χ4n) is 4.39. The summed E-state index contributed by atoms with van der Waals surface area (Å²) in [4.78, 5) is 32.9. The van der Waals surface area contributed by atoms with Crippen molar-refractivity contribution in [1.82, 2.24) is 29.5 Å². The normalized spacial score (nSPS) is 13.1. The molecule has 202 valence electrons. The zero-order valence-electron chi connectivity index (χ0n) is 19.5. The van der Waals surface area contributed by atoms with E-state index < -0.39 is 52.5 Å². The number of pyridine rings is 2. The molecule has 0 unspecified atom stereocenters. The summed E-state index contributed by atoms with van der Waals surface area (Å²) >= 11 is 0. The Bertz CT molecular complexity index is 1830. The summed E-state index contributed by atoms with van der Waals surface area (Å²) in [5.74, 6) is -2.29. The lowest BCUT2D eigenvalue weighted by Crippen LogP contribution is -2.21. The van der Waals surface area contributed by atoms with Crippen molar-refractivity contribution in [2.75, 3.05) is 10.6 Å². The smallest absolute Gasteiger partial charge is 0.320 e. The fraction of sp³-hybridized carbons (Fsp3) is 0.0833. The largest absolute Gasteiger partial charge is 0.434 e. The summed E-state index contributed by atoms with van der Waals surface area (Å²) in [5.41, 5.74) is -4.22. The molecule has 6 rings (SSSR count). The number of carbonyl (C=O) groups excluding carboxylic acids is 2. The number of anilines is 2. The standard InChI is InChI=1S/C24H12F6N8O2/c25-23(26,27)15-7-11(8-32-20(15)37-6-2-5-33-37)35-22(40)14-9-34-38(18(14)24(28,29)30)16-10-31-19-17-12(16)3-1-4-13(17)21(39)36-19/h1-10H,(H,35,40)(H,31,36,39). The molecule has 0 aliphatic carbocycles. The lowest BCUT2D eigenvalue weighted by Gasteiger charge is -2.15. The lowest BCUT2D eigenvalue weighted by atomic mass is 10.1. The van der Waals surface area contributed by atoms with E-state index in [0.29, 0.717) is 16.9 Å². The predicted molar refractivity (Wildman–Crippen MR) is 126 cm³/mol. The number of nitrogens with one attached hydrogen (secondary N) is 2. The Hall–Kier alpha value is -5.28. The molecular weight excluding hydrogens is 546 g/mol. The van der Waals surface area contributed by atoms with Crippen molar-refractivity contribution >= 4 is 34.1 Å². The number of amides is 2. The van der Waals surface area contributed by atoms with E-state index in [-0.39, 0.29) is 27.8 Å². The first-order valence-corrected chi connectivity index (χ1v) is 11.2. The van der Waals surface area contributed by atoms with Crippen molar-refractivity contribution in [2.24, 2.45) is 0 Å². The van der Waals surface area contributed by atoms with Crippen molar-refractivity contribution in [3.63, 3.8) is 0 Å². The van der Waals surface area contributed by atoms with Crippen LogP contribution in [0.5, 0.6) is 0 Å². The first-order chi connectivity index (χ1) is 18.9. The maximum absolute atomic E-state index is 14.3. The lowest BCUT2D eigenvalue weighted by molar-refractivity contribution is -0.143. The van der Waals surface area contributed by atoms with E-state index in [1.54, 1.807) is 0 Å². The second kappa shape index (κ2) is 8.62. The Labute approximate surface area is 218 Å². The van der Waals surface area contributed by atoms with Gasteiger partial charge in [0.05, 0.1) is 41.1 Å². The highest BCUT2D eigenvalue weighted by atomic mass is 19.4. The van der Waals surface area contributed by atoms with Crippen molar-refractivity contribution in [1.29, 1.82) is 0 Å². The number of alkyl halides is 6. The van der Waals surface area contributed by atoms with E-state index >= 15 is 0 Å². The Balaban J connectivity index is 1.42. The van der Waals surface area contributed by atoms with Gasteiger partial charge in [-0.3, -0.25) is 9.59 Å². The number of hydrogen-bond acceptors (Lipinski definition) is 6. The van der Waals surface area contributed by atoms with E-state index in [0.717, 1.165) is 17.1 Å². The van der Waals surface area contributed by atoms with Gasteiger partial charge >= 0.3 is 12.4 Å². The Morgan fingerprint density at radius 3 is 2.45 bits per heavy atom.